The van der Waals surface area contributed by atoms with E-state index in [0.29, 0.717) is 46.1 Å². The molecule has 37 heavy (non-hydrogen) atoms. The SMILES string of the molecule is CCOc1ccc(/C(O)=C2\C(=O)C(=O)N(c3nc4ccc(F)cc4s3)C2c2ccc(OCC)cc2)cc1. The Morgan fingerprint density at radius 3 is 2.22 bits per heavy atom. The minimum absolute atomic E-state index is 0.0660. The average Bonchev–Trinajstić information content (AvgIpc) is 3.42. The van der Waals surface area contributed by atoms with Crippen molar-refractivity contribution in [1.82, 2.24) is 4.98 Å². The number of rotatable bonds is 7. The number of thiazole rings is 1. The third-order valence-electron chi connectivity index (χ3n) is 5.94. The van der Waals surface area contributed by atoms with E-state index in [9.17, 15) is 19.1 Å². The number of carbonyl (C=O) groups excluding carboxylic acids is 2. The van der Waals surface area contributed by atoms with E-state index in [1.807, 2.05) is 13.8 Å². The van der Waals surface area contributed by atoms with Crippen LogP contribution in [0.5, 0.6) is 11.5 Å². The number of hydrogen-bond acceptors (Lipinski definition) is 7. The van der Waals surface area contributed by atoms with E-state index in [1.54, 1.807) is 48.5 Å². The van der Waals surface area contributed by atoms with Gasteiger partial charge in [0.2, 0.25) is 0 Å². The molecule has 1 unspecified atom stereocenters. The van der Waals surface area contributed by atoms with Crippen LogP contribution in [0.1, 0.15) is 31.0 Å². The zero-order valence-corrected chi connectivity index (χ0v) is 20.9. The molecule has 0 saturated carbocycles. The number of hydrogen-bond donors (Lipinski definition) is 1. The molecule has 3 aromatic carbocycles. The number of halogens is 1. The standard InChI is InChI=1S/C28H23FN2O5S/c1-3-35-19-10-5-16(6-11-19)24-23(25(32)17-7-12-20(13-8-17)36-4-2)26(33)27(34)31(24)28-30-21-14-9-18(29)15-22(21)37-28/h5-15,24,32H,3-4H2,1-2H3/b25-23+. The number of ether oxygens (including phenoxy) is 2. The van der Waals surface area contributed by atoms with Crippen molar-refractivity contribution in [3.8, 4) is 11.5 Å². The van der Waals surface area contributed by atoms with Gasteiger partial charge in [0.05, 0.1) is 35.0 Å². The fourth-order valence-electron chi connectivity index (χ4n) is 4.28. The molecule has 9 heteroatoms. The molecular formula is C28H23FN2O5S. The summed E-state index contributed by atoms with van der Waals surface area (Å²) < 4.78 is 25.4. The van der Waals surface area contributed by atoms with Crippen LogP contribution in [-0.2, 0) is 9.59 Å². The summed E-state index contributed by atoms with van der Waals surface area (Å²) in [7, 11) is 0. The fraction of sp³-hybridized carbons (Fsp3) is 0.179. The number of aliphatic hydroxyl groups is 1. The molecule has 188 valence electrons. The van der Waals surface area contributed by atoms with Crippen LogP contribution in [0.25, 0.3) is 16.0 Å². The molecule has 4 aromatic rings. The predicted molar refractivity (Wildman–Crippen MR) is 140 cm³/mol. The van der Waals surface area contributed by atoms with Crippen molar-refractivity contribution in [2.75, 3.05) is 18.1 Å². The van der Waals surface area contributed by atoms with Crippen LogP contribution in [0, 0.1) is 5.82 Å². The maximum Gasteiger partial charge on any atom is 0.301 e. The highest BCUT2D eigenvalue weighted by molar-refractivity contribution is 7.22. The van der Waals surface area contributed by atoms with E-state index in [0.717, 1.165) is 11.3 Å². The van der Waals surface area contributed by atoms with Crippen molar-refractivity contribution in [1.29, 1.82) is 0 Å². The smallest absolute Gasteiger partial charge is 0.301 e. The zero-order valence-electron chi connectivity index (χ0n) is 20.1. The number of ketones is 1. The number of Topliss-reactive ketones (excluding diaryl/α,β-unsaturated/α-hetero) is 1. The molecule has 1 aliphatic rings. The Kier molecular flexibility index (Phi) is 6.62. The van der Waals surface area contributed by atoms with Gasteiger partial charge >= 0.3 is 5.91 Å². The Hall–Kier alpha value is -4.24. The zero-order chi connectivity index (χ0) is 26.1. The third-order valence-corrected chi connectivity index (χ3v) is 6.95. The predicted octanol–water partition coefficient (Wildman–Crippen LogP) is 5.86. The average molecular weight is 519 g/mol. The number of fused-ring (bicyclic) bond motifs is 1. The molecule has 0 aliphatic carbocycles. The minimum atomic E-state index is -0.951. The van der Waals surface area contributed by atoms with Gasteiger partial charge in [0.25, 0.3) is 5.78 Å². The van der Waals surface area contributed by atoms with Crippen LogP contribution in [0.15, 0.2) is 72.3 Å². The number of nitrogens with zero attached hydrogens (tertiary/aromatic N) is 2. The molecule has 5 rings (SSSR count). The van der Waals surface area contributed by atoms with Gasteiger partial charge in [0.15, 0.2) is 5.13 Å². The minimum Gasteiger partial charge on any atom is -0.507 e. The van der Waals surface area contributed by atoms with E-state index in [4.69, 9.17) is 9.47 Å². The second-order valence-corrected chi connectivity index (χ2v) is 9.25. The van der Waals surface area contributed by atoms with Crippen LogP contribution in [0.2, 0.25) is 0 Å². The second-order valence-electron chi connectivity index (χ2n) is 8.24. The molecule has 1 fully saturated rings. The molecule has 1 aromatic heterocycles. The molecule has 1 amide bonds. The van der Waals surface area contributed by atoms with Gasteiger partial charge in [0, 0.05) is 5.56 Å². The summed E-state index contributed by atoms with van der Waals surface area (Å²) >= 11 is 1.10. The lowest BCUT2D eigenvalue weighted by atomic mass is 9.95. The Morgan fingerprint density at radius 2 is 1.59 bits per heavy atom. The van der Waals surface area contributed by atoms with Crippen LogP contribution >= 0.6 is 11.3 Å². The molecular weight excluding hydrogens is 495 g/mol. The fourth-order valence-corrected chi connectivity index (χ4v) is 5.30. The number of benzene rings is 3. The van der Waals surface area contributed by atoms with Crippen molar-refractivity contribution in [2.24, 2.45) is 0 Å². The van der Waals surface area contributed by atoms with Gasteiger partial charge in [-0.05, 0) is 74.0 Å². The number of anilines is 1. The monoisotopic (exact) mass is 518 g/mol. The Morgan fingerprint density at radius 1 is 0.973 bits per heavy atom. The summed E-state index contributed by atoms with van der Waals surface area (Å²) in [4.78, 5) is 32.5. The topological polar surface area (TPSA) is 89.0 Å². The van der Waals surface area contributed by atoms with Gasteiger partial charge in [-0.15, -0.1) is 0 Å². The van der Waals surface area contributed by atoms with Gasteiger partial charge in [-0.25, -0.2) is 9.37 Å². The van der Waals surface area contributed by atoms with Crippen molar-refractivity contribution in [2.45, 2.75) is 19.9 Å². The normalized spacial score (nSPS) is 16.9. The van der Waals surface area contributed by atoms with Gasteiger partial charge in [-0.1, -0.05) is 23.5 Å². The summed E-state index contributed by atoms with van der Waals surface area (Å²) in [5.74, 6) is -1.16. The summed E-state index contributed by atoms with van der Waals surface area (Å²) in [5.41, 5.74) is 1.38. The first-order chi connectivity index (χ1) is 17.9. The summed E-state index contributed by atoms with van der Waals surface area (Å²) in [5, 5.41) is 11.5. The van der Waals surface area contributed by atoms with Gasteiger partial charge in [0.1, 0.15) is 23.1 Å². The molecule has 1 saturated heterocycles. The number of carbonyl (C=O) groups is 2. The summed E-state index contributed by atoms with van der Waals surface area (Å²) in [6.45, 7) is 4.70. The van der Waals surface area contributed by atoms with Gasteiger partial charge in [-0.2, -0.15) is 0 Å². The lowest BCUT2D eigenvalue weighted by Crippen LogP contribution is -2.29. The second kappa shape index (κ2) is 10.0. The highest BCUT2D eigenvalue weighted by Crippen LogP contribution is 2.44. The van der Waals surface area contributed by atoms with Crippen LogP contribution < -0.4 is 14.4 Å². The van der Waals surface area contributed by atoms with Crippen LogP contribution in [0.4, 0.5) is 9.52 Å². The van der Waals surface area contributed by atoms with Crippen LogP contribution in [-0.4, -0.2) is 35.0 Å². The third kappa shape index (κ3) is 4.53. The molecule has 1 atom stereocenters. The number of aliphatic hydroxyl groups excluding tert-OH is 1. The first-order valence-electron chi connectivity index (χ1n) is 11.7. The highest BCUT2D eigenvalue weighted by atomic mass is 32.1. The van der Waals surface area contributed by atoms with E-state index in [2.05, 4.69) is 4.98 Å². The molecule has 7 nitrogen and oxygen atoms in total. The first-order valence-corrected chi connectivity index (χ1v) is 12.6. The van der Waals surface area contributed by atoms with Gasteiger partial charge in [-0.3, -0.25) is 14.5 Å². The molecule has 2 heterocycles. The highest BCUT2D eigenvalue weighted by Gasteiger charge is 2.48. The van der Waals surface area contributed by atoms with Crippen molar-refractivity contribution in [3.63, 3.8) is 0 Å². The lowest BCUT2D eigenvalue weighted by Gasteiger charge is -2.23. The first kappa shape index (κ1) is 24.5. The molecule has 1 aliphatic heterocycles. The molecule has 1 N–H and O–H groups in total. The summed E-state index contributed by atoms with van der Waals surface area (Å²) in [6, 6.07) is 16.8. The van der Waals surface area contributed by atoms with Crippen molar-refractivity contribution < 1.29 is 28.6 Å². The van der Waals surface area contributed by atoms with Gasteiger partial charge < -0.3 is 14.6 Å². The maximum atomic E-state index is 13.8. The van der Waals surface area contributed by atoms with E-state index >= 15 is 0 Å². The summed E-state index contributed by atoms with van der Waals surface area (Å²) in [6.07, 6.45) is 0. The van der Waals surface area contributed by atoms with Crippen LogP contribution in [0.3, 0.4) is 0 Å². The van der Waals surface area contributed by atoms with Crippen molar-refractivity contribution >= 4 is 44.1 Å². The largest absolute Gasteiger partial charge is 0.507 e. The molecule has 0 radical (unpaired) electrons. The quantitative estimate of drug-likeness (QED) is 0.187. The van der Waals surface area contributed by atoms with E-state index in [-0.39, 0.29) is 16.5 Å². The Balaban J connectivity index is 1.66. The molecule has 0 spiro atoms. The maximum absolute atomic E-state index is 13.8. The lowest BCUT2D eigenvalue weighted by molar-refractivity contribution is -0.132. The van der Waals surface area contributed by atoms with Crippen molar-refractivity contribution in [3.05, 3.63) is 89.2 Å². The number of amides is 1. The Labute approximate surface area is 216 Å². The van der Waals surface area contributed by atoms with E-state index in [1.165, 1.54) is 23.1 Å². The Bertz CT molecular complexity index is 1510. The molecule has 0 bridgehead atoms. The van der Waals surface area contributed by atoms with E-state index < -0.39 is 23.5 Å². The number of aromatic nitrogens is 1.